The maximum absolute atomic E-state index is 12.4. The van der Waals surface area contributed by atoms with E-state index in [-0.39, 0.29) is 18.0 Å². The van der Waals surface area contributed by atoms with Gasteiger partial charge in [-0.1, -0.05) is 12.1 Å². The van der Waals surface area contributed by atoms with E-state index in [0.717, 1.165) is 12.0 Å². The molecule has 0 radical (unpaired) electrons. The first kappa shape index (κ1) is 19.7. The topological polar surface area (TPSA) is 71.1 Å². The molecule has 0 N–H and O–H groups in total. The minimum atomic E-state index is -0.916. The minimum Gasteiger partial charge on any atom is -0.497 e. The monoisotopic (exact) mass is 384 g/mol. The Balaban J connectivity index is 1.56. The summed E-state index contributed by atoms with van der Waals surface area (Å²) in [7, 11) is 1.55. The number of esters is 1. The Morgan fingerprint density at radius 3 is 2.54 bits per heavy atom. The molecule has 148 valence electrons. The van der Waals surface area contributed by atoms with Crippen LogP contribution < -0.4 is 14.2 Å². The fourth-order valence-electron chi connectivity index (χ4n) is 3.11. The van der Waals surface area contributed by atoms with Gasteiger partial charge in [0, 0.05) is 17.5 Å². The number of Topliss-reactive ketones (excluding diaryl/α,β-unsaturated/α-hetero) is 1. The first-order chi connectivity index (χ1) is 13.3. The maximum atomic E-state index is 12.4. The van der Waals surface area contributed by atoms with Crippen molar-refractivity contribution in [1.82, 2.24) is 0 Å². The van der Waals surface area contributed by atoms with Gasteiger partial charge in [-0.2, -0.15) is 0 Å². The van der Waals surface area contributed by atoms with Gasteiger partial charge in [-0.05, 0) is 51.1 Å². The van der Waals surface area contributed by atoms with Crippen molar-refractivity contribution in [1.29, 1.82) is 0 Å². The number of carbonyl (C=O) groups is 2. The average molecular weight is 384 g/mol. The molecule has 28 heavy (non-hydrogen) atoms. The Bertz CT molecular complexity index is 869. The van der Waals surface area contributed by atoms with Crippen LogP contribution in [0.15, 0.2) is 42.5 Å². The van der Waals surface area contributed by atoms with Crippen LogP contribution in [0.2, 0.25) is 0 Å². The summed E-state index contributed by atoms with van der Waals surface area (Å²) in [5.41, 5.74) is 1.18. The first-order valence-electron chi connectivity index (χ1n) is 9.10. The summed E-state index contributed by atoms with van der Waals surface area (Å²) in [6.45, 7) is 5.23. The van der Waals surface area contributed by atoms with Gasteiger partial charge in [0.2, 0.25) is 5.78 Å². The lowest BCUT2D eigenvalue weighted by Gasteiger charge is -2.18. The van der Waals surface area contributed by atoms with Crippen LogP contribution in [-0.4, -0.2) is 37.2 Å². The average Bonchev–Trinajstić information content (AvgIpc) is 3.00. The van der Waals surface area contributed by atoms with Crippen LogP contribution in [0.1, 0.15) is 36.7 Å². The van der Waals surface area contributed by atoms with Gasteiger partial charge in [-0.3, -0.25) is 4.79 Å². The lowest BCUT2D eigenvalue weighted by molar-refractivity contribution is -0.148. The number of benzene rings is 2. The van der Waals surface area contributed by atoms with Crippen molar-refractivity contribution < 1.29 is 28.5 Å². The van der Waals surface area contributed by atoms with Crippen LogP contribution in [-0.2, 0) is 16.0 Å². The lowest BCUT2D eigenvalue weighted by Crippen LogP contribution is -2.27. The zero-order chi connectivity index (χ0) is 20.3. The Morgan fingerprint density at radius 2 is 1.86 bits per heavy atom. The predicted molar refractivity (Wildman–Crippen MR) is 103 cm³/mol. The number of carbonyl (C=O) groups excluding carboxylic acids is 2. The van der Waals surface area contributed by atoms with E-state index in [0.29, 0.717) is 22.8 Å². The van der Waals surface area contributed by atoms with Gasteiger partial charge in [0.15, 0.2) is 24.2 Å². The van der Waals surface area contributed by atoms with Crippen LogP contribution in [0, 0.1) is 0 Å². The number of para-hydroxylation sites is 1. The Morgan fingerprint density at radius 1 is 1.14 bits per heavy atom. The van der Waals surface area contributed by atoms with Gasteiger partial charge < -0.3 is 18.9 Å². The third kappa shape index (κ3) is 4.44. The summed E-state index contributed by atoms with van der Waals surface area (Å²) >= 11 is 0. The molecule has 0 fully saturated rings. The van der Waals surface area contributed by atoms with Gasteiger partial charge in [0.05, 0.1) is 7.11 Å². The van der Waals surface area contributed by atoms with E-state index in [2.05, 4.69) is 0 Å². The first-order valence-corrected chi connectivity index (χ1v) is 9.10. The number of fused-ring (bicyclic) bond motifs is 1. The Labute approximate surface area is 164 Å². The van der Waals surface area contributed by atoms with Crippen LogP contribution in [0.4, 0.5) is 0 Å². The summed E-state index contributed by atoms with van der Waals surface area (Å²) < 4.78 is 21.8. The maximum Gasteiger partial charge on any atom is 0.344 e. The van der Waals surface area contributed by atoms with E-state index in [1.807, 2.05) is 26.0 Å². The molecule has 0 saturated heterocycles. The molecule has 0 aliphatic carbocycles. The number of methoxy groups -OCH3 is 1. The van der Waals surface area contributed by atoms with Gasteiger partial charge in [0.25, 0.3) is 0 Å². The number of rotatable bonds is 7. The highest BCUT2D eigenvalue weighted by atomic mass is 16.6. The summed E-state index contributed by atoms with van der Waals surface area (Å²) in [6.07, 6.45) is -0.140. The normalized spacial score (nSPS) is 15.1. The fraction of sp³-hybridized carbons (Fsp3) is 0.364. The zero-order valence-corrected chi connectivity index (χ0v) is 16.5. The zero-order valence-electron chi connectivity index (χ0n) is 16.5. The van der Waals surface area contributed by atoms with Crippen molar-refractivity contribution in [3.8, 4) is 17.2 Å². The third-order valence-corrected chi connectivity index (χ3v) is 4.45. The molecular weight excluding hydrogens is 360 g/mol. The van der Waals surface area contributed by atoms with Crippen LogP contribution in [0.25, 0.3) is 0 Å². The summed E-state index contributed by atoms with van der Waals surface area (Å²) in [4.78, 5) is 24.5. The molecule has 0 spiro atoms. The van der Waals surface area contributed by atoms with Crippen LogP contribution in [0.3, 0.4) is 0 Å². The fourth-order valence-corrected chi connectivity index (χ4v) is 3.11. The molecule has 3 rings (SSSR count). The Kier molecular flexibility index (Phi) is 5.58. The molecule has 1 atom stereocenters. The molecule has 0 unspecified atom stereocenters. The number of ether oxygens (including phenoxy) is 4. The molecule has 0 amide bonds. The summed E-state index contributed by atoms with van der Waals surface area (Å²) in [5.74, 6) is 0.887. The second-order valence-corrected chi connectivity index (χ2v) is 7.30. The van der Waals surface area contributed by atoms with Crippen molar-refractivity contribution in [3.05, 3.63) is 53.6 Å². The largest absolute Gasteiger partial charge is 0.497 e. The minimum absolute atomic E-state index is 0.290. The van der Waals surface area contributed by atoms with Crippen molar-refractivity contribution >= 4 is 11.8 Å². The molecule has 0 bridgehead atoms. The molecule has 1 heterocycles. The molecule has 0 saturated carbocycles. The van der Waals surface area contributed by atoms with E-state index in [1.54, 1.807) is 37.4 Å². The lowest BCUT2D eigenvalue weighted by atomic mass is 10.0. The molecule has 6 nitrogen and oxygen atoms in total. The molecule has 2 aromatic rings. The number of hydrogen-bond donors (Lipinski definition) is 0. The Hall–Kier alpha value is -3.02. The summed E-state index contributed by atoms with van der Waals surface area (Å²) in [5, 5.41) is 0. The highest BCUT2D eigenvalue weighted by molar-refractivity contribution is 6.00. The SMILES string of the molecule is COc1ccc(C(=O)[C@@H](C)OC(=O)COc2cccc3c2OC(C)(C)C3)cc1. The van der Waals surface area contributed by atoms with E-state index in [1.165, 1.54) is 6.92 Å². The molecule has 2 aromatic carbocycles. The van der Waals surface area contributed by atoms with Gasteiger partial charge >= 0.3 is 5.97 Å². The molecule has 0 aromatic heterocycles. The number of hydrogen-bond acceptors (Lipinski definition) is 6. The van der Waals surface area contributed by atoms with Crippen molar-refractivity contribution in [2.45, 2.75) is 38.9 Å². The van der Waals surface area contributed by atoms with Gasteiger partial charge in [-0.25, -0.2) is 4.79 Å². The highest BCUT2D eigenvalue weighted by Crippen LogP contribution is 2.41. The molecule has 1 aliphatic heterocycles. The van der Waals surface area contributed by atoms with E-state index in [9.17, 15) is 9.59 Å². The van der Waals surface area contributed by atoms with Crippen molar-refractivity contribution in [2.75, 3.05) is 13.7 Å². The van der Waals surface area contributed by atoms with Crippen LogP contribution in [0.5, 0.6) is 17.2 Å². The third-order valence-electron chi connectivity index (χ3n) is 4.45. The summed E-state index contributed by atoms with van der Waals surface area (Å²) in [6, 6.07) is 12.2. The van der Waals surface area contributed by atoms with E-state index >= 15 is 0 Å². The molecule has 1 aliphatic rings. The smallest absolute Gasteiger partial charge is 0.344 e. The van der Waals surface area contributed by atoms with Crippen molar-refractivity contribution in [2.24, 2.45) is 0 Å². The van der Waals surface area contributed by atoms with Gasteiger partial charge in [-0.15, -0.1) is 0 Å². The predicted octanol–water partition coefficient (Wildman–Crippen LogP) is 3.60. The second-order valence-electron chi connectivity index (χ2n) is 7.30. The molecule has 6 heteroatoms. The van der Waals surface area contributed by atoms with Crippen LogP contribution >= 0.6 is 0 Å². The quantitative estimate of drug-likeness (QED) is 0.537. The van der Waals surface area contributed by atoms with E-state index < -0.39 is 12.1 Å². The van der Waals surface area contributed by atoms with E-state index in [4.69, 9.17) is 18.9 Å². The van der Waals surface area contributed by atoms with Crippen molar-refractivity contribution in [3.63, 3.8) is 0 Å². The second kappa shape index (κ2) is 7.92. The highest BCUT2D eigenvalue weighted by Gasteiger charge is 2.32. The van der Waals surface area contributed by atoms with Gasteiger partial charge in [0.1, 0.15) is 11.4 Å². The standard InChI is InChI=1S/C22H24O6/c1-14(20(24)15-8-10-17(25-4)11-9-15)27-19(23)13-26-18-7-5-6-16-12-22(2,3)28-21(16)18/h5-11,14H,12-13H2,1-4H3/t14-/m1/s1. The number of ketones is 1. The molecular formula is C22H24O6.